The Balaban J connectivity index is 1.69. The fourth-order valence-electron chi connectivity index (χ4n) is 3.82. The molecular weight excluding hydrogens is 316 g/mol. The summed E-state index contributed by atoms with van der Waals surface area (Å²) in [6.07, 6.45) is 2.63. The molecule has 0 amide bonds. The van der Waals surface area contributed by atoms with Crippen molar-refractivity contribution in [2.45, 2.75) is 22.6 Å². The molecule has 0 spiro atoms. The van der Waals surface area contributed by atoms with Gasteiger partial charge in [0.2, 0.25) is 0 Å². The zero-order valence-electron chi connectivity index (χ0n) is 14.4. The number of nitrogens with zero attached hydrogens (tertiary/aromatic N) is 2. The van der Waals surface area contributed by atoms with E-state index in [0.717, 1.165) is 18.2 Å². The van der Waals surface area contributed by atoms with Crippen LogP contribution in [0.5, 0.6) is 5.75 Å². The van der Waals surface area contributed by atoms with Crippen molar-refractivity contribution in [2.24, 2.45) is 5.92 Å². The second-order valence-corrected chi connectivity index (χ2v) is 7.87. The molecule has 0 aliphatic carbocycles. The van der Waals surface area contributed by atoms with E-state index in [1.807, 2.05) is 11.8 Å². The molecule has 4 rings (SSSR count). The van der Waals surface area contributed by atoms with Gasteiger partial charge in [-0.2, -0.15) is 0 Å². The first-order valence-corrected chi connectivity index (χ1v) is 9.47. The van der Waals surface area contributed by atoms with E-state index in [0.29, 0.717) is 0 Å². The van der Waals surface area contributed by atoms with Crippen molar-refractivity contribution < 1.29 is 4.74 Å². The van der Waals surface area contributed by atoms with Crippen LogP contribution < -0.4 is 9.64 Å². The third-order valence-corrected chi connectivity index (χ3v) is 6.11. The largest absolute Gasteiger partial charge is 0.497 e. The van der Waals surface area contributed by atoms with Gasteiger partial charge in [0.25, 0.3) is 0 Å². The Morgan fingerprint density at radius 1 is 1.12 bits per heavy atom. The average molecular weight is 340 g/mol. The predicted molar refractivity (Wildman–Crippen MR) is 101 cm³/mol. The number of hydrogen-bond acceptors (Lipinski definition) is 4. The van der Waals surface area contributed by atoms with Crippen molar-refractivity contribution in [2.75, 3.05) is 38.7 Å². The molecule has 2 heterocycles. The fourth-order valence-corrected chi connectivity index (χ4v) is 4.94. The first-order valence-electron chi connectivity index (χ1n) is 8.65. The summed E-state index contributed by atoms with van der Waals surface area (Å²) in [5.74, 6) is 1.65. The van der Waals surface area contributed by atoms with Gasteiger partial charge >= 0.3 is 0 Å². The normalized spacial score (nSPS) is 20.4. The Kier molecular flexibility index (Phi) is 4.42. The van der Waals surface area contributed by atoms with Crippen LogP contribution in [0.2, 0.25) is 0 Å². The van der Waals surface area contributed by atoms with E-state index < -0.39 is 0 Å². The van der Waals surface area contributed by atoms with Crippen LogP contribution in [-0.4, -0.2) is 38.7 Å². The first kappa shape index (κ1) is 15.9. The Morgan fingerprint density at radius 2 is 1.96 bits per heavy atom. The maximum Gasteiger partial charge on any atom is 0.120 e. The van der Waals surface area contributed by atoms with Gasteiger partial charge in [0, 0.05) is 22.9 Å². The van der Waals surface area contributed by atoms with Crippen LogP contribution in [0.4, 0.5) is 11.4 Å². The summed E-state index contributed by atoms with van der Waals surface area (Å²) in [7, 11) is 3.98. The minimum Gasteiger partial charge on any atom is -0.497 e. The zero-order valence-corrected chi connectivity index (χ0v) is 15.2. The number of fused-ring (bicyclic) bond motifs is 2. The number of rotatable bonds is 3. The number of ether oxygens (including phenoxy) is 1. The Morgan fingerprint density at radius 3 is 2.79 bits per heavy atom. The SMILES string of the molecule is COc1ccc2c(c1)Sc1ccccc1N2CC1CCCN(C)C1. The molecule has 24 heavy (non-hydrogen) atoms. The van der Waals surface area contributed by atoms with Gasteiger partial charge in [-0.15, -0.1) is 0 Å². The second kappa shape index (κ2) is 6.69. The van der Waals surface area contributed by atoms with Crippen LogP contribution in [0, 0.1) is 5.92 Å². The lowest BCUT2D eigenvalue weighted by Gasteiger charge is -2.38. The Labute approximate surface area is 148 Å². The molecule has 4 heteroatoms. The number of likely N-dealkylation sites (tertiary alicyclic amines) is 1. The van der Waals surface area contributed by atoms with Gasteiger partial charge < -0.3 is 14.5 Å². The minimum atomic E-state index is 0.717. The van der Waals surface area contributed by atoms with Gasteiger partial charge in [-0.25, -0.2) is 0 Å². The maximum atomic E-state index is 5.43. The highest BCUT2D eigenvalue weighted by Crippen LogP contribution is 2.49. The second-order valence-electron chi connectivity index (χ2n) is 6.78. The molecule has 2 aliphatic heterocycles. The number of hydrogen-bond donors (Lipinski definition) is 0. The summed E-state index contributed by atoms with van der Waals surface area (Å²) in [6, 6.07) is 15.2. The topological polar surface area (TPSA) is 15.7 Å². The van der Waals surface area contributed by atoms with E-state index in [-0.39, 0.29) is 0 Å². The lowest BCUT2D eigenvalue weighted by atomic mass is 9.97. The molecule has 0 N–H and O–H groups in total. The molecular formula is C20H24N2OS. The van der Waals surface area contributed by atoms with Gasteiger partial charge in [0.15, 0.2) is 0 Å². The van der Waals surface area contributed by atoms with Crippen LogP contribution in [0.25, 0.3) is 0 Å². The highest BCUT2D eigenvalue weighted by atomic mass is 32.2. The van der Waals surface area contributed by atoms with E-state index >= 15 is 0 Å². The van der Waals surface area contributed by atoms with Crippen molar-refractivity contribution in [3.05, 3.63) is 42.5 Å². The summed E-state index contributed by atoms with van der Waals surface area (Å²) in [4.78, 5) is 7.61. The number of anilines is 2. The molecule has 0 radical (unpaired) electrons. The monoisotopic (exact) mass is 340 g/mol. The summed E-state index contributed by atoms with van der Waals surface area (Å²) in [5, 5.41) is 0. The van der Waals surface area contributed by atoms with E-state index in [2.05, 4.69) is 59.3 Å². The third kappa shape index (κ3) is 3.01. The molecule has 1 atom stereocenters. The van der Waals surface area contributed by atoms with Gasteiger partial charge in [0.05, 0.1) is 18.5 Å². The van der Waals surface area contributed by atoms with E-state index in [9.17, 15) is 0 Å². The van der Waals surface area contributed by atoms with Crippen molar-refractivity contribution in [1.82, 2.24) is 4.90 Å². The quantitative estimate of drug-likeness (QED) is 0.808. The summed E-state index contributed by atoms with van der Waals surface area (Å²) >= 11 is 1.85. The Bertz CT molecular complexity index is 733. The molecule has 0 saturated carbocycles. The van der Waals surface area contributed by atoms with Crippen molar-refractivity contribution >= 4 is 23.1 Å². The summed E-state index contributed by atoms with van der Waals surface area (Å²) < 4.78 is 5.43. The molecule has 2 aromatic carbocycles. The van der Waals surface area contributed by atoms with Gasteiger partial charge in [-0.3, -0.25) is 0 Å². The number of methoxy groups -OCH3 is 1. The highest BCUT2D eigenvalue weighted by molar-refractivity contribution is 7.99. The molecule has 3 nitrogen and oxygen atoms in total. The van der Waals surface area contributed by atoms with Crippen LogP contribution in [-0.2, 0) is 0 Å². The molecule has 1 unspecified atom stereocenters. The Hall–Kier alpha value is -1.65. The summed E-state index contributed by atoms with van der Waals surface area (Å²) in [6.45, 7) is 3.51. The van der Waals surface area contributed by atoms with Crippen LogP contribution in [0.1, 0.15) is 12.8 Å². The van der Waals surface area contributed by atoms with Crippen LogP contribution >= 0.6 is 11.8 Å². The molecule has 1 fully saturated rings. The number of piperidine rings is 1. The van der Waals surface area contributed by atoms with E-state index in [1.165, 1.54) is 47.1 Å². The summed E-state index contributed by atoms with van der Waals surface area (Å²) in [5.41, 5.74) is 2.65. The lowest BCUT2D eigenvalue weighted by Crippen LogP contribution is -2.38. The van der Waals surface area contributed by atoms with Crippen LogP contribution in [0.3, 0.4) is 0 Å². The molecule has 2 aromatic rings. The van der Waals surface area contributed by atoms with Crippen molar-refractivity contribution in [3.63, 3.8) is 0 Å². The molecule has 126 valence electrons. The highest BCUT2D eigenvalue weighted by Gasteiger charge is 2.27. The van der Waals surface area contributed by atoms with E-state index in [4.69, 9.17) is 4.74 Å². The minimum absolute atomic E-state index is 0.717. The molecule has 2 aliphatic rings. The fraction of sp³-hybridized carbons (Fsp3) is 0.400. The smallest absolute Gasteiger partial charge is 0.120 e. The molecule has 1 saturated heterocycles. The molecule has 0 aromatic heterocycles. The standard InChI is InChI=1S/C20H24N2OS/c1-21-11-5-6-15(13-21)14-22-17-7-3-4-8-19(17)24-20-12-16(23-2)9-10-18(20)22/h3-4,7-10,12,15H,5-6,11,13-14H2,1-2H3. The van der Waals surface area contributed by atoms with Crippen LogP contribution in [0.15, 0.2) is 52.3 Å². The lowest BCUT2D eigenvalue weighted by molar-refractivity contribution is 0.214. The number of para-hydroxylation sites is 1. The number of benzene rings is 2. The van der Waals surface area contributed by atoms with Gasteiger partial charge in [-0.1, -0.05) is 23.9 Å². The van der Waals surface area contributed by atoms with Crippen molar-refractivity contribution in [1.29, 1.82) is 0 Å². The van der Waals surface area contributed by atoms with E-state index in [1.54, 1.807) is 7.11 Å². The average Bonchev–Trinajstić information content (AvgIpc) is 2.61. The predicted octanol–water partition coefficient (Wildman–Crippen LogP) is 4.64. The maximum absolute atomic E-state index is 5.43. The zero-order chi connectivity index (χ0) is 16.5. The molecule has 0 bridgehead atoms. The van der Waals surface area contributed by atoms with Gasteiger partial charge in [0.1, 0.15) is 5.75 Å². The van der Waals surface area contributed by atoms with Gasteiger partial charge in [-0.05, 0) is 62.7 Å². The third-order valence-electron chi connectivity index (χ3n) is 5.00. The van der Waals surface area contributed by atoms with Crippen molar-refractivity contribution in [3.8, 4) is 5.75 Å². The first-order chi connectivity index (χ1) is 11.7.